The van der Waals surface area contributed by atoms with Gasteiger partial charge in [-0.1, -0.05) is 0 Å². The molecule has 0 unspecified atom stereocenters. The van der Waals surface area contributed by atoms with Crippen LogP contribution in [0.1, 0.15) is 19.4 Å². The van der Waals surface area contributed by atoms with E-state index in [1.165, 1.54) is 6.07 Å². The number of rotatable bonds is 3. The minimum atomic E-state index is -4.33. The van der Waals surface area contributed by atoms with Gasteiger partial charge in [0.2, 0.25) is 0 Å². The summed E-state index contributed by atoms with van der Waals surface area (Å²) in [7, 11) is 0. The predicted octanol–water partition coefficient (Wildman–Crippen LogP) is 3.62. The van der Waals surface area contributed by atoms with Crippen molar-refractivity contribution < 1.29 is 13.2 Å². The van der Waals surface area contributed by atoms with Crippen molar-refractivity contribution in [2.75, 3.05) is 11.9 Å². The van der Waals surface area contributed by atoms with Crippen LogP contribution in [0.15, 0.2) is 22.7 Å². The Labute approximate surface area is 107 Å². The van der Waals surface area contributed by atoms with Gasteiger partial charge in [0, 0.05) is 22.2 Å². The molecule has 0 spiro atoms. The third kappa shape index (κ3) is 4.55. The lowest BCUT2D eigenvalue weighted by Crippen LogP contribution is -2.39. The Balaban J connectivity index is 2.84. The molecule has 0 radical (unpaired) electrons. The van der Waals surface area contributed by atoms with Crippen LogP contribution in [-0.2, 0) is 6.18 Å². The third-order valence-electron chi connectivity index (χ3n) is 2.03. The summed E-state index contributed by atoms with van der Waals surface area (Å²) < 4.78 is 37.6. The van der Waals surface area contributed by atoms with E-state index in [-0.39, 0.29) is 0 Å². The van der Waals surface area contributed by atoms with Crippen LogP contribution in [0.5, 0.6) is 0 Å². The summed E-state index contributed by atoms with van der Waals surface area (Å²) in [5.74, 6) is 0. The highest BCUT2D eigenvalue weighted by atomic mass is 79.9. The molecule has 0 heterocycles. The summed E-state index contributed by atoms with van der Waals surface area (Å²) in [6.45, 7) is 4.13. The number of nitrogens with two attached hydrogens (primary N) is 1. The molecule has 17 heavy (non-hydrogen) atoms. The number of benzene rings is 1. The molecule has 0 amide bonds. The lowest BCUT2D eigenvalue weighted by molar-refractivity contribution is -0.137. The Kier molecular flexibility index (Phi) is 4.09. The van der Waals surface area contributed by atoms with Crippen molar-refractivity contribution in [2.24, 2.45) is 5.73 Å². The van der Waals surface area contributed by atoms with Crippen LogP contribution in [0.25, 0.3) is 0 Å². The smallest absolute Gasteiger partial charge is 0.382 e. The first kappa shape index (κ1) is 14.3. The Hall–Kier alpha value is -0.750. The number of anilines is 1. The Morgan fingerprint density at radius 3 is 2.29 bits per heavy atom. The van der Waals surface area contributed by atoms with Gasteiger partial charge in [0.25, 0.3) is 0 Å². The standard InChI is InChI=1S/C11H14BrF3N2/c1-10(2,16)6-17-9-4-3-7(5-8(9)12)11(13,14)15/h3-5,17H,6,16H2,1-2H3. The van der Waals surface area contributed by atoms with E-state index in [1.807, 2.05) is 13.8 Å². The predicted molar refractivity (Wildman–Crippen MR) is 65.9 cm³/mol. The first-order chi connectivity index (χ1) is 7.59. The van der Waals surface area contributed by atoms with E-state index in [4.69, 9.17) is 5.73 Å². The van der Waals surface area contributed by atoms with Crippen LogP contribution in [0, 0.1) is 0 Å². The van der Waals surface area contributed by atoms with Crippen LogP contribution in [-0.4, -0.2) is 12.1 Å². The van der Waals surface area contributed by atoms with Crippen molar-refractivity contribution in [1.82, 2.24) is 0 Å². The molecule has 0 aliphatic heterocycles. The van der Waals surface area contributed by atoms with Crippen LogP contribution >= 0.6 is 15.9 Å². The van der Waals surface area contributed by atoms with Crippen molar-refractivity contribution >= 4 is 21.6 Å². The zero-order valence-electron chi connectivity index (χ0n) is 9.53. The minimum Gasteiger partial charge on any atom is -0.382 e. The van der Waals surface area contributed by atoms with Gasteiger partial charge in [-0.15, -0.1) is 0 Å². The fourth-order valence-corrected chi connectivity index (χ4v) is 1.68. The van der Waals surface area contributed by atoms with Crippen LogP contribution in [0.2, 0.25) is 0 Å². The molecule has 1 rings (SSSR count). The van der Waals surface area contributed by atoms with E-state index in [2.05, 4.69) is 21.2 Å². The van der Waals surface area contributed by atoms with Gasteiger partial charge < -0.3 is 11.1 Å². The van der Waals surface area contributed by atoms with Crippen LogP contribution in [0.4, 0.5) is 18.9 Å². The second kappa shape index (κ2) is 4.86. The summed E-state index contributed by atoms with van der Waals surface area (Å²) in [4.78, 5) is 0. The molecule has 1 aromatic carbocycles. The van der Waals surface area contributed by atoms with E-state index in [1.54, 1.807) is 0 Å². The summed E-state index contributed by atoms with van der Waals surface area (Å²) in [6, 6.07) is 3.47. The molecular weight excluding hydrogens is 297 g/mol. The molecule has 0 aliphatic carbocycles. The van der Waals surface area contributed by atoms with Crippen molar-refractivity contribution in [2.45, 2.75) is 25.6 Å². The fourth-order valence-electron chi connectivity index (χ4n) is 1.16. The molecule has 2 nitrogen and oxygen atoms in total. The number of hydrogen-bond acceptors (Lipinski definition) is 2. The van der Waals surface area contributed by atoms with Gasteiger partial charge in [-0.2, -0.15) is 13.2 Å². The number of nitrogens with one attached hydrogen (secondary N) is 1. The summed E-state index contributed by atoms with van der Waals surface area (Å²) in [5, 5.41) is 2.99. The highest BCUT2D eigenvalue weighted by Crippen LogP contribution is 2.33. The van der Waals surface area contributed by atoms with Gasteiger partial charge in [-0.25, -0.2) is 0 Å². The molecule has 0 saturated carbocycles. The molecule has 0 aromatic heterocycles. The van der Waals surface area contributed by atoms with E-state index in [0.717, 1.165) is 12.1 Å². The average Bonchev–Trinajstić information content (AvgIpc) is 2.12. The summed E-state index contributed by atoms with van der Waals surface area (Å²) in [6.07, 6.45) is -4.33. The van der Waals surface area contributed by atoms with Crippen molar-refractivity contribution in [1.29, 1.82) is 0 Å². The van der Waals surface area contributed by atoms with Crippen LogP contribution in [0.3, 0.4) is 0 Å². The SMILES string of the molecule is CC(C)(N)CNc1ccc(C(F)(F)F)cc1Br. The lowest BCUT2D eigenvalue weighted by Gasteiger charge is -2.20. The number of hydrogen-bond donors (Lipinski definition) is 2. The van der Waals surface area contributed by atoms with E-state index in [0.29, 0.717) is 16.7 Å². The Morgan fingerprint density at radius 2 is 1.88 bits per heavy atom. The second-order valence-corrected chi connectivity index (χ2v) is 5.39. The van der Waals surface area contributed by atoms with Crippen molar-refractivity contribution in [3.05, 3.63) is 28.2 Å². The fraction of sp³-hybridized carbons (Fsp3) is 0.455. The van der Waals surface area contributed by atoms with Gasteiger partial charge in [0.1, 0.15) is 0 Å². The zero-order chi connectivity index (χ0) is 13.3. The average molecular weight is 311 g/mol. The number of halogens is 4. The quantitative estimate of drug-likeness (QED) is 0.895. The molecule has 1 aromatic rings. The first-order valence-corrected chi connectivity index (χ1v) is 5.78. The van der Waals surface area contributed by atoms with Gasteiger partial charge in [-0.05, 0) is 48.0 Å². The van der Waals surface area contributed by atoms with Gasteiger partial charge >= 0.3 is 6.18 Å². The molecule has 0 aliphatic rings. The Morgan fingerprint density at radius 1 is 1.29 bits per heavy atom. The Bertz CT molecular complexity index is 397. The molecular formula is C11H14BrF3N2. The maximum atomic E-state index is 12.4. The summed E-state index contributed by atoms with van der Waals surface area (Å²) in [5.41, 5.74) is 5.26. The van der Waals surface area contributed by atoms with Crippen molar-refractivity contribution in [3.63, 3.8) is 0 Å². The van der Waals surface area contributed by atoms with Crippen LogP contribution < -0.4 is 11.1 Å². The third-order valence-corrected chi connectivity index (χ3v) is 2.69. The molecule has 6 heteroatoms. The molecule has 0 bridgehead atoms. The lowest BCUT2D eigenvalue weighted by atomic mass is 10.1. The van der Waals surface area contributed by atoms with Gasteiger partial charge in [0.05, 0.1) is 5.56 Å². The monoisotopic (exact) mass is 310 g/mol. The van der Waals surface area contributed by atoms with Gasteiger partial charge in [-0.3, -0.25) is 0 Å². The van der Waals surface area contributed by atoms with E-state index >= 15 is 0 Å². The molecule has 96 valence electrons. The first-order valence-electron chi connectivity index (χ1n) is 4.99. The van der Waals surface area contributed by atoms with Crippen molar-refractivity contribution in [3.8, 4) is 0 Å². The maximum Gasteiger partial charge on any atom is 0.416 e. The molecule has 0 atom stereocenters. The summed E-state index contributed by atoms with van der Waals surface area (Å²) >= 11 is 3.10. The molecule has 0 saturated heterocycles. The zero-order valence-corrected chi connectivity index (χ0v) is 11.1. The second-order valence-electron chi connectivity index (χ2n) is 4.53. The highest BCUT2D eigenvalue weighted by molar-refractivity contribution is 9.10. The number of alkyl halides is 3. The molecule has 3 N–H and O–H groups in total. The maximum absolute atomic E-state index is 12.4. The minimum absolute atomic E-state index is 0.372. The molecule has 0 fully saturated rings. The largest absolute Gasteiger partial charge is 0.416 e. The normalized spacial score (nSPS) is 12.6. The highest BCUT2D eigenvalue weighted by Gasteiger charge is 2.30. The van der Waals surface area contributed by atoms with Gasteiger partial charge in [0.15, 0.2) is 0 Å². The van der Waals surface area contributed by atoms with E-state index < -0.39 is 17.3 Å². The topological polar surface area (TPSA) is 38.0 Å². The van der Waals surface area contributed by atoms with E-state index in [9.17, 15) is 13.2 Å².